The third-order valence-electron chi connectivity index (χ3n) is 5.96. The molecule has 4 rings (SSSR count). The van der Waals surface area contributed by atoms with Gasteiger partial charge >= 0.3 is 5.97 Å². The van der Waals surface area contributed by atoms with Gasteiger partial charge in [-0.3, -0.25) is 14.5 Å². The average Bonchev–Trinajstić information content (AvgIpc) is 3.31. The normalized spacial score (nSPS) is 15.5. The van der Waals surface area contributed by atoms with Crippen LogP contribution >= 0.6 is 11.8 Å². The molecule has 1 aliphatic heterocycles. The molecule has 1 aromatic heterocycles. The molecule has 0 radical (unpaired) electrons. The van der Waals surface area contributed by atoms with E-state index in [1.54, 1.807) is 24.3 Å². The monoisotopic (exact) mass is 508 g/mol. The molecule has 9 heteroatoms. The van der Waals surface area contributed by atoms with Gasteiger partial charge in [0, 0.05) is 22.6 Å². The van der Waals surface area contributed by atoms with Crippen LogP contribution in [0, 0.1) is 19.7 Å². The summed E-state index contributed by atoms with van der Waals surface area (Å²) >= 11 is 0.797. The van der Waals surface area contributed by atoms with Crippen molar-refractivity contribution in [2.75, 3.05) is 7.11 Å². The molecule has 1 fully saturated rings. The summed E-state index contributed by atoms with van der Waals surface area (Å²) in [5, 5.41) is -0.510. The van der Waals surface area contributed by atoms with Crippen molar-refractivity contribution < 1.29 is 28.2 Å². The highest BCUT2D eigenvalue weighted by molar-refractivity contribution is 8.18. The zero-order valence-corrected chi connectivity index (χ0v) is 21.1. The van der Waals surface area contributed by atoms with E-state index in [9.17, 15) is 18.8 Å². The Hall–Kier alpha value is -3.85. The summed E-state index contributed by atoms with van der Waals surface area (Å²) in [7, 11) is 1.21. The molecule has 1 atom stereocenters. The number of methoxy groups -OCH3 is 1. The topological polar surface area (TPSA) is 77.8 Å². The molecule has 2 amide bonds. The number of carbonyl (C=O) groups excluding carboxylic acids is 3. The van der Waals surface area contributed by atoms with Crippen molar-refractivity contribution in [1.82, 2.24) is 9.47 Å². The average molecular weight is 509 g/mol. The smallest absolute Gasteiger partial charge is 0.328 e. The Bertz CT molecular complexity index is 1360. The molecule has 1 aliphatic rings. The van der Waals surface area contributed by atoms with E-state index in [0.29, 0.717) is 11.3 Å². The number of hydrogen-bond acceptors (Lipinski definition) is 6. The van der Waals surface area contributed by atoms with Crippen LogP contribution in [0.2, 0.25) is 0 Å². The molecule has 7 nitrogen and oxygen atoms in total. The Morgan fingerprint density at radius 3 is 2.47 bits per heavy atom. The molecule has 0 aliphatic carbocycles. The van der Waals surface area contributed by atoms with E-state index in [-0.39, 0.29) is 17.3 Å². The van der Waals surface area contributed by atoms with Crippen LogP contribution in [-0.2, 0) is 20.9 Å². The zero-order chi connectivity index (χ0) is 26.0. The number of rotatable bonds is 7. The Kier molecular flexibility index (Phi) is 7.30. The molecule has 2 aromatic carbocycles. The first-order valence-corrected chi connectivity index (χ1v) is 12.0. The lowest BCUT2D eigenvalue weighted by molar-refractivity contribution is -0.148. The van der Waals surface area contributed by atoms with Crippen molar-refractivity contribution in [3.8, 4) is 11.4 Å². The first kappa shape index (κ1) is 25.2. The highest BCUT2D eigenvalue weighted by Gasteiger charge is 2.41. The number of esters is 1. The number of thioether (sulfide) groups is 1. The predicted molar refractivity (Wildman–Crippen MR) is 135 cm³/mol. The van der Waals surface area contributed by atoms with Crippen molar-refractivity contribution in [3.05, 3.63) is 87.8 Å². The second kappa shape index (κ2) is 10.4. The van der Waals surface area contributed by atoms with E-state index < -0.39 is 23.2 Å². The molecular weight excluding hydrogens is 483 g/mol. The number of nitrogens with zero attached hydrogens (tertiary/aromatic N) is 2. The number of benzene rings is 2. The minimum atomic E-state index is -1.00. The zero-order valence-electron chi connectivity index (χ0n) is 20.3. The lowest BCUT2D eigenvalue weighted by Crippen LogP contribution is -2.42. The molecule has 1 saturated heterocycles. The van der Waals surface area contributed by atoms with Gasteiger partial charge in [0.25, 0.3) is 11.1 Å². The SMILES string of the molecule is COC(=O)[C@H](C)N1C(=O)S/C(=C/c2cc(C)n(-c3ccc(OCc4ccccc4F)cc3)c2C)C1=O. The molecule has 0 N–H and O–H groups in total. The summed E-state index contributed by atoms with van der Waals surface area (Å²) < 4.78 is 26.2. The van der Waals surface area contributed by atoms with Crippen molar-refractivity contribution in [1.29, 1.82) is 0 Å². The minimum absolute atomic E-state index is 0.126. The quantitative estimate of drug-likeness (QED) is 0.314. The third kappa shape index (κ3) is 4.92. The summed E-state index contributed by atoms with van der Waals surface area (Å²) in [4.78, 5) is 38.2. The maximum absolute atomic E-state index is 13.8. The van der Waals surface area contributed by atoms with Crippen LogP contribution in [0.25, 0.3) is 11.8 Å². The van der Waals surface area contributed by atoms with Gasteiger partial charge in [0.15, 0.2) is 0 Å². The Morgan fingerprint density at radius 1 is 1.11 bits per heavy atom. The Morgan fingerprint density at radius 2 is 1.81 bits per heavy atom. The van der Waals surface area contributed by atoms with Crippen LogP contribution in [0.15, 0.2) is 59.5 Å². The fourth-order valence-corrected chi connectivity index (χ4v) is 4.93. The maximum atomic E-state index is 13.8. The highest BCUT2D eigenvalue weighted by Crippen LogP contribution is 2.35. The van der Waals surface area contributed by atoms with Crippen molar-refractivity contribution in [2.24, 2.45) is 0 Å². The second-order valence-corrected chi connectivity index (χ2v) is 9.28. The summed E-state index contributed by atoms with van der Waals surface area (Å²) in [6, 6.07) is 14.8. The highest BCUT2D eigenvalue weighted by atomic mass is 32.2. The fraction of sp³-hybridized carbons (Fsp3) is 0.222. The predicted octanol–water partition coefficient (Wildman–Crippen LogP) is 5.41. The van der Waals surface area contributed by atoms with Crippen LogP contribution in [0.5, 0.6) is 5.75 Å². The van der Waals surface area contributed by atoms with Gasteiger partial charge in [0.05, 0.1) is 12.0 Å². The lowest BCUT2D eigenvalue weighted by Gasteiger charge is -2.18. The van der Waals surface area contributed by atoms with Crippen molar-refractivity contribution in [2.45, 2.75) is 33.4 Å². The number of carbonyl (C=O) groups is 3. The van der Waals surface area contributed by atoms with E-state index in [0.717, 1.165) is 39.3 Å². The summed E-state index contributed by atoms with van der Waals surface area (Å²) in [5.41, 5.74) is 3.95. The minimum Gasteiger partial charge on any atom is -0.489 e. The van der Waals surface area contributed by atoms with Crippen molar-refractivity contribution >= 4 is 35.0 Å². The number of halogens is 1. The van der Waals surface area contributed by atoms with E-state index >= 15 is 0 Å². The van der Waals surface area contributed by atoms with Gasteiger partial charge < -0.3 is 14.0 Å². The van der Waals surface area contributed by atoms with Gasteiger partial charge in [-0.05, 0) is 80.6 Å². The first-order chi connectivity index (χ1) is 17.2. The number of hydrogen-bond donors (Lipinski definition) is 0. The molecule has 0 unspecified atom stereocenters. The second-order valence-electron chi connectivity index (χ2n) is 8.29. The van der Waals surface area contributed by atoms with E-state index in [2.05, 4.69) is 4.74 Å². The molecule has 0 bridgehead atoms. The molecular formula is C27H25FN2O5S. The van der Waals surface area contributed by atoms with Gasteiger partial charge in [-0.1, -0.05) is 18.2 Å². The Balaban J connectivity index is 1.53. The summed E-state index contributed by atoms with van der Waals surface area (Å²) in [6.45, 7) is 5.45. The van der Waals surface area contributed by atoms with Crippen LogP contribution in [0.4, 0.5) is 9.18 Å². The Labute approximate surface area is 212 Å². The number of imide groups is 1. The number of ether oxygens (including phenoxy) is 2. The number of amides is 2. The van der Waals surface area contributed by atoms with Gasteiger partial charge in [-0.15, -0.1) is 0 Å². The van der Waals surface area contributed by atoms with E-state index in [1.165, 1.54) is 20.1 Å². The molecule has 2 heterocycles. The molecule has 0 saturated carbocycles. The standard InChI is InChI=1S/C27H25FN2O5S/c1-16-13-20(14-24-25(31)30(27(33)36-24)18(3)26(32)34-4)17(2)29(16)21-9-11-22(12-10-21)35-15-19-7-5-6-8-23(19)28/h5-14,18H,15H2,1-4H3/b24-14+/t18-/m0/s1. The van der Waals surface area contributed by atoms with Gasteiger partial charge in [-0.2, -0.15) is 0 Å². The summed E-state index contributed by atoms with van der Waals surface area (Å²) in [5.74, 6) is -0.877. The van der Waals surface area contributed by atoms with Crippen LogP contribution in [-0.4, -0.2) is 39.7 Å². The third-order valence-corrected chi connectivity index (χ3v) is 6.84. The molecule has 36 heavy (non-hydrogen) atoms. The van der Waals surface area contributed by atoms with Crippen LogP contribution in [0.3, 0.4) is 0 Å². The van der Waals surface area contributed by atoms with Gasteiger partial charge in [0.1, 0.15) is 24.2 Å². The van der Waals surface area contributed by atoms with Crippen molar-refractivity contribution in [3.63, 3.8) is 0 Å². The summed E-state index contributed by atoms with van der Waals surface area (Å²) in [6.07, 6.45) is 1.67. The van der Waals surface area contributed by atoms with Crippen LogP contribution < -0.4 is 4.74 Å². The van der Waals surface area contributed by atoms with Gasteiger partial charge in [0.2, 0.25) is 0 Å². The van der Waals surface area contributed by atoms with Crippen LogP contribution in [0.1, 0.15) is 29.4 Å². The van der Waals surface area contributed by atoms with Gasteiger partial charge in [-0.25, -0.2) is 9.18 Å². The molecule has 186 valence electrons. The largest absolute Gasteiger partial charge is 0.489 e. The lowest BCUT2D eigenvalue weighted by atomic mass is 10.2. The first-order valence-electron chi connectivity index (χ1n) is 11.2. The maximum Gasteiger partial charge on any atom is 0.328 e. The van der Waals surface area contributed by atoms with E-state index in [4.69, 9.17) is 4.74 Å². The number of aryl methyl sites for hydroxylation is 1. The van der Waals surface area contributed by atoms with E-state index in [1.807, 2.05) is 48.7 Å². The molecule has 3 aromatic rings. The molecule has 0 spiro atoms. The fourth-order valence-electron chi connectivity index (χ4n) is 4.03. The number of aromatic nitrogens is 1.